The van der Waals surface area contributed by atoms with Gasteiger partial charge in [-0.05, 0) is 12.1 Å². The van der Waals surface area contributed by atoms with Crippen LogP contribution in [0.4, 0.5) is 0 Å². The van der Waals surface area contributed by atoms with Gasteiger partial charge in [0.2, 0.25) is 10.0 Å². The maximum Gasteiger partial charge on any atom is 0.221 e. The second kappa shape index (κ2) is 5.30. The first kappa shape index (κ1) is 14.4. The first-order valence-corrected chi connectivity index (χ1v) is 6.86. The van der Waals surface area contributed by atoms with Crippen molar-refractivity contribution in [2.45, 2.75) is 0 Å². The Labute approximate surface area is 109 Å². The van der Waals surface area contributed by atoms with E-state index in [1.165, 1.54) is 26.2 Å². The number of halogens is 2. The monoisotopic (exact) mass is 296 g/mol. The van der Waals surface area contributed by atoms with Gasteiger partial charge in [0.15, 0.2) is 5.78 Å². The molecule has 17 heavy (non-hydrogen) atoms. The van der Waals surface area contributed by atoms with E-state index in [1.54, 1.807) is 0 Å². The molecule has 0 atom stereocenters. The molecule has 94 valence electrons. The lowest BCUT2D eigenvalue weighted by Gasteiger charge is -2.10. The van der Waals surface area contributed by atoms with Crippen LogP contribution in [0.3, 0.4) is 0 Å². The van der Waals surface area contributed by atoms with Crippen molar-refractivity contribution >= 4 is 39.0 Å². The zero-order valence-electron chi connectivity index (χ0n) is 9.15. The van der Waals surface area contributed by atoms with Crippen LogP contribution in [0, 0.1) is 0 Å². The van der Waals surface area contributed by atoms with Crippen molar-refractivity contribution < 1.29 is 13.2 Å². The van der Waals surface area contributed by atoms with Crippen LogP contribution in [0.25, 0.3) is 0 Å². The fraction of sp³-hybridized carbons (Fsp3) is 0.333. The predicted octanol–water partition coefficient (Wildman–Crippen LogP) is 1.46. The van der Waals surface area contributed by atoms with E-state index in [2.05, 4.69) is 4.98 Å². The van der Waals surface area contributed by atoms with Gasteiger partial charge in [0.1, 0.15) is 16.1 Å². The molecular formula is C9H10Cl2N2O3S. The molecule has 0 N–H and O–H groups in total. The van der Waals surface area contributed by atoms with Gasteiger partial charge in [0, 0.05) is 14.1 Å². The molecule has 1 heterocycles. The fourth-order valence-corrected chi connectivity index (χ4v) is 2.19. The second-order valence-corrected chi connectivity index (χ2v) is 6.36. The summed E-state index contributed by atoms with van der Waals surface area (Å²) < 4.78 is 24.0. The topological polar surface area (TPSA) is 67.3 Å². The van der Waals surface area contributed by atoms with Gasteiger partial charge in [-0.1, -0.05) is 23.2 Å². The Balaban J connectivity index is 2.99. The Bertz CT molecular complexity index is 543. The number of pyridine rings is 1. The number of nitrogens with zero attached hydrogens (tertiary/aromatic N) is 2. The van der Waals surface area contributed by atoms with Crippen LogP contribution >= 0.6 is 23.2 Å². The van der Waals surface area contributed by atoms with Crippen molar-refractivity contribution in [3.63, 3.8) is 0 Å². The first-order chi connectivity index (χ1) is 7.74. The zero-order chi connectivity index (χ0) is 13.2. The van der Waals surface area contributed by atoms with E-state index in [9.17, 15) is 13.2 Å². The molecule has 5 nitrogen and oxygen atoms in total. The van der Waals surface area contributed by atoms with E-state index in [0.717, 1.165) is 4.31 Å². The Hall–Kier alpha value is -0.690. The third-order valence-electron chi connectivity index (χ3n) is 1.98. The van der Waals surface area contributed by atoms with Crippen molar-refractivity contribution in [2.24, 2.45) is 0 Å². The highest BCUT2D eigenvalue weighted by Gasteiger charge is 2.22. The molecule has 0 radical (unpaired) electrons. The van der Waals surface area contributed by atoms with Crippen LogP contribution in [-0.2, 0) is 10.0 Å². The predicted molar refractivity (Wildman–Crippen MR) is 66.1 cm³/mol. The SMILES string of the molecule is CN(C)S(=O)(=O)CC(=O)c1ccc(Cl)nc1Cl. The summed E-state index contributed by atoms with van der Waals surface area (Å²) in [6.07, 6.45) is 0. The summed E-state index contributed by atoms with van der Waals surface area (Å²) in [5, 5.41) is 0.0403. The molecular weight excluding hydrogens is 287 g/mol. The molecule has 1 aromatic rings. The highest BCUT2D eigenvalue weighted by atomic mass is 35.5. The van der Waals surface area contributed by atoms with Crippen molar-refractivity contribution in [3.8, 4) is 0 Å². The van der Waals surface area contributed by atoms with Crippen molar-refractivity contribution in [2.75, 3.05) is 19.8 Å². The zero-order valence-corrected chi connectivity index (χ0v) is 11.5. The number of hydrogen-bond acceptors (Lipinski definition) is 4. The third-order valence-corrected chi connectivity index (χ3v) is 4.22. The Morgan fingerprint density at radius 1 is 1.35 bits per heavy atom. The van der Waals surface area contributed by atoms with E-state index in [0.29, 0.717) is 0 Å². The highest BCUT2D eigenvalue weighted by Crippen LogP contribution is 2.17. The molecule has 8 heteroatoms. The number of ketones is 1. The lowest BCUT2D eigenvalue weighted by Crippen LogP contribution is -2.29. The number of rotatable bonds is 4. The van der Waals surface area contributed by atoms with Gasteiger partial charge in [-0.2, -0.15) is 0 Å². The summed E-state index contributed by atoms with van der Waals surface area (Å²) in [7, 11) is -0.905. The largest absolute Gasteiger partial charge is 0.293 e. The van der Waals surface area contributed by atoms with Crippen molar-refractivity contribution in [1.82, 2.24) is 9.29 Å². The normalized spacial score (nSPS) is 11.8. The molecule has 0 unspecified atom stereocenters. The van der Waals surface area contributed by atoms with Crippen LogP contribution in [-0.4, -0.2) is 43.3 Å². The molecule has 0 aromatic carbocycles. The summed E-state index contributed by atoms with van der Waals surface area (Å²) >= 11 is 11.3. The summed E-state index contributed by atoms with van der Waals surface area (Å²) in [5.74, 6) is -1.27. The summed E-state index contributed by atoms with van der Waals surface area (Å²) in [6.45, 7) is 0. The summed E-state index contributed by atoms with van der Waals surface area (Å²) in [4.78, 5) is 15.4. The quantitative estimate of drug-likeness (QED) is 0.623. The third kappa shape index (κ3) is 3.64. The van der Waals surface area contributed by atoms with Crippen LogP contribution in [0.5, 0.6) is 0 Å². The molecule has 0 spiro atoms. The minimum Gasteiger partial charge on any atom is -0.293 e. The molecule has 0 fully saturated rings. The Kier molecular flexibility index (Phi) is 4.48. The summed E-state index contributed by atoms with van der Waals surface area (Å²) in [5.41, 5.74) is 0.0430. The van der Waals surface area contributed by atoms with Crippen molar-refractivity contribution in [1.29, 1.82) is 0 Å². The molecule has 0 aliphatic carbocycles. The van der Waals surface area contributed by atoms with Gasteiger partial charge in [-0.25, -0.2) is 17.7 Å². The molecule has 0 saturated heterocycles. The maximum atomic E-state index is 11.7. The van der Waals surface area contributed by atoms with Gasteiger partial charge in [0.05, 0.1) is 5.56 Å². The van der Waals surface area contributed by atoms with E-state index in [1.807, 2.05) is 0 Å². The second-order valence-electron chi connectivity index (χ2n) is 3.43. The average Bonchev–Trinajstić information content (AvgIpc) is 2.15. The smallest absolute Gasteiger partial charge is 0.221 e. The van der Waals surface area contributed by atoms with Crippen LogP contribution in [0.15, 0.2) is 12.1 Å². The van der Waals surface area contributed by atoms with Crippen LogP contribution < -0.4 is 0 Å². The number of carbonyl (C=O) groups excluding carboxylic acids is 1. The average molecular weight is 297 g/mol. The molecule has 0 aliphatic rings. The first-order valence-electron chi connectivity index (χ1n) is 4.49. The highest BCUT2D eigenvalue weighted by molar-refractivity contribution is 7.89. The number of carbonyl (C=O) groups is 1. The maximum absolute atomic E-state index is 11.7. The fourth-order valence-electron chi connectivity index (χ4n) is 0.993. The number of hydrogen-bond donors (Lipinski definition) is 0. The molecule has 1 aromatic heterocycles. The molecule has 0 amide bonds. The number of sulfonamides is 1. The molecule has 0 aliphatic heterocycles. The van der Waals surface area contributed by atoms with Gasteiger partial charge in [0.25, 0.3) is 0 Å². The molecule has 0 saturated carbocycles. The van der Waals surface area contributed by atoms with Gasteiger partial charge < -0.3 is 0 Å². The van der Waals surface area contributed by atoms with Crippen molar-refractivity contribution in [3.05, 3.63) is 28.0 Å². The lowest BCUT2D eigenvalue weighted by molar-refractivity contribution is 0.102. The van der Waals surface area contributed by atoms with E-state index in [4.69, 9.17) is 23.2 Å². The summed E-state index contributed by atoms with van der Waals surface area (Å²) in [6, 6.07) is 2.73. The van der Waals surface area contributed by atoms with Gasteiger partial charge in [-0.3, -0.25) is 4.79 Å². The van der Waals surface area contributed by atoms with Gasteiger partial charge in [-0.15, -0.1) is 0 Å². The number of aromatic nitrogens is 1. The molecule has 1 rings (SSSR count). The minimum absolute atomic E-state index is 0.0430. The van der Waals surface area contributed by atoms with E-state index < -0.39 is 21.6 Å². The standard InChI is InChI=1S/C9H10Cl2N2O3S/c1-13(2)17(15,16)5-7(14)6-3-4-8(10)12-9(6)11/h3-4H,5H2,1-2H3. The molecule has 0 bridgehead atoms. The van der Waals surface area contributed by atoms with Gasteiger partial charge >= 0.3 is 0 Å². The Morgan fingerprint density at radius 3 is 2.41 bits per heavy atom. The van der Waals surface area contributed by atoms with Crippen LogP contribution in [0.2, 0.25) is 10.3 Å². The van der Waals surface area contributed by atoms with Crippen LogP contribution in [0.1, 0.15) is 10.4 Å². The van der Waals surface area contributed by atoms with E-state index in [-0.39, 0.29) is 15.9 Å². The lowest BCUT2D eigenvalue weighted by atomic mass is 10.2. The Morgan fingerprint density at radius 2 is 1.94 bits per heavy atom. The number of Topliss-reactive ketones (excluding diaryl/α,β-unsaturated/α-hetero) is 1. The minimum atomic E-state index is -3.61. The van der Waals surface area contributed by atoms with E-state index >= 15 is 0 Å².